The lowest BCUT2D eigenvalue weighted by Gasteiger charge is -2.24. The van der Waals surface area contributed by atoms with Crippen molar-refractivity contribution in [2.24, 2.45) is 5.92 Å². The first-order valence-electron chi connectivity index (χ1n) is 11.3. The SMILES string of the molecule is CCc1nc2ccccn2c1C(=O)NCc1ccc(-c2nc3n(n2)CC[C@H](C(F)(F)F)C3)c(F)c1. The topological polar surface area (TPSA) is 77.1 Å². The molecule has 1 amide bonds. The van der Waals surface area contributed by atoms with Crippen LogP contribution in [0.1, 0.15) is 40.9 Å². The monoisotopic (exact) mass is 486 g/mol. The lowest BCUT2D eigenvalue weighted by atomic mass is 9.98. The fourth-order valence-corrected chi connectivity index (χ4v) is 4.35. The van der Waals surface area contributed by atoms with Crippen LogP contribution in [0.2, 0.25) is 0 Å². The Kier molecular flexibility index (Phi) is 5.78. The molecule has 5 rings (SSSR count). The fraction of sp³-hybridized carbons (Fsp3) is 0.333. The van der Waals surface area contributed by atoms with Gasteiger partial charge in [-0.25, -0.2) is 19.0 Å². The molecular formula is C24H22F4N6O. The number of hydrogen-bond donors (Lipinski definition) is 1. The third kappa shape index (κ3) is 4.38. The second-order valence-corrected chi connectivity index (χ2v) is 8.49. The van der Waals surface area contributed by atoms with Gasteiger partial charge in [-0.1, -0.05) is 19.1 Å². The molecule has 0 saturated carbocycles. The maximum atomic E-state index is 14.9. The molecule has 11 heteroatoms. The number of rotatable bonds is 5. The Morgan fingerprint density at radius 3 is 2.77 bits per heavy atom. The van der Waals surface area contributed by atoms with Crippen LogP contribution in [0.5, 0.6) is 0 Å². The van der Waals surface area contributed by atoms with E-state index in [0.717, 1.165) is 0 Å². The third-order valence-corrected chi connectivity index (χ3v) is 6.21. The Morgan fingerprint density at radius 2 is 2.03 bits per heavy atom. The zero-order chi connectivity index (χ0) is 24.7. The van der Waals surface area contributed by atoms with E-state index in [1.807, 2.05) is 25.1 Å². The van der Waals surface area contributed by atoms with Gasteiger partial charge >= 0.3 is 6.18 Å². The predicted octanol–water partition coefficient (Wildman–Crippen LogP) is 4.35. The van der Waals surface area contributed by atoms with Crippen molar-refractivity contribution in [1.29, 1.82) is 0 Å². The summed E-state index contributed by atoms with van der Waals surface area (Å²) in [6.07, 6.45) is -2.30. The quantitative estimate of drug-likeness (QED) is 0.426. The highest BCUT2D eigenvalue weighted by Crippen LogP contribution is 2.35. The van der Waals surface area contributed by atoms with Crippen molar-refractivity contribution in [3.8, 4) is 11.4 Å². The number of benzene rings is 1. The van der Waals surface area contributed by atoms with Gasteiger partial charge in [0.1, 0.15) is 23.0 Å². The van der Waals surface area contributed by atoms with Crippen molar-refractivity contribution in [2.75, 3.05) is 0 Å². The normalized spacial score (nSPS) is 15.9. The van der Waals surface area contributed by atoms with Crippen LogP contribution >= 0.6 is 0 Å². The molecule has 1 aliphatic heterocycles. The maximum Gasteiger partial charge on any atom is 0.392 e. The van der Waals surface area contributed by atoms with Crippen molar-refractivity contribution >= 4 is 11.6 Å². The Balaban J connectivity index is 1.31. The predicted molar refractivity (Wildman–Crippen MR) is 119 cm³/mol. The summed E-state index contributed by atoms with van der Waals surface area (Å²) in [4.78, 5) is 21.5. The van der Waals surface area contributed by atoms with Gasteiger partial charge in [0.25, 0.3) is 5.91 Å². The molecule has 0 aliphatic carbocycles. The molecule has 182 valence electrons. The van der Waals surface area contributed by atoms with Crippen LogP contribution in [-0.2, 0) is 25.9 Å². The van der Waals surface area contributed by atoms with Gasteiger partial charge < -0.3 is 5.32 Å². The number of fused-ring (bicyclic) bond motifs is 2. The summed E-state index contributed by atoms with van der Waals surface area (Å²) in [6, 6.07) is 9.84. The van der Waals surface area contributed by atoms with Crippen molar-refractivity contribution in [3.05, 3.63) is 71.2 Å². The average Bonchev–Trinajstić information content (AvgIpc) is 3.42. The molecule has 0 bridgehead atoms. The first-order valence-corrected chi connectivity index (χ1v) is 11.3. The van der Waals surface area contributed by atoms with Crippen molar-refractivity contribution in [1.82, 2.24) is 29.5 Å². The van der Waals surface area contributed by atoms with Gasteiger partial charge in [0.15, 0.2) is 5.82 Å². The van der Waals surface area contributed by atoms with Gasteiger partial charge in [-0.2, -0.15) is 18.3 Å². The molecule has 35 heavy (non-hydrogen) atoms. The van der Waals surface area contributed by atoms with Gasteiger partial charge in [0.2, 0.25) is 0 Å². The Hall–Kier alpha value is -3.76. The minimum atomic E-state index is -4.30. The van der Waals surface area contributed by atoms with E-state index < -0.39 is 17.9 Å². The summed E-state index contributed by atoms with van der Waals surface area (Å²) in [5, 5.41) is 7.01. The lowest BCUT2D eigenvalue weighted by Crippen LogP contribution is -2.31. The first kappa shape index (κ1) is 23.0. The van der Waals surface area contributed by atoms with Crippen LogP contribution in [0.25, 0.3) is 17.0 Å². The van der Waals surface area contributed by atoms with E-state index in [2.05, 4.69) is 20.4 Å². The molecule has 1 aliphatic rings. The van der Waals surface area contributed by atoms with Crippen LogP contribution in [0, 0.1) is 11.7 Å². The number of hydrogen-bond acceptors (Lipinski definition) is 4. The standard InChI is InChI=1S/C24H22F4N6O/c1-2-18-21(33-9-4-3-5-19(33)30-18)23(35)29-13-14-6-7-16(17(25)11-14)22-31-20-12-15(24(26,27)28)8-10-34(20)32-22/h3-7,9,11,15H,2,8,10,12-13H2,1H3,(H,29,35)/t15-/m0/s1. The van der Waals surface area contributed by atoms with E-state index in [-0.39, 0.29) is 49.1 Å². The molecule has 3 aromatic heterocycles. The number of amides is 1. The Morgan fingerprint density at radius 1 is 1.20 bits per heavy atom. The van der Waals surface area contributed by atoms with Gasteiger partial charge in [-0.3, -0.25) is 9.20 Å². The summed E-state index contributed by atoms with van der Waals surface area (Å²) >= 11 is 0. The number of aryl methyl sites for hydroxylation is 2. The number of nitrogens with one attached hydrogen (secondary N) is 1. The molecule has 4 heterocycles. The molecule has 0 fully saturated rings. The van der Waals surface area contributed by atoms with Crippen molar-refractivity contribution < 1.29 is 22.4 Å². The number of pyridine rings is 1. The molecular weight excluding hydrogens is 464 g/mol. The van der Waals surface area contributed by atoms with Gasteiger partial charge in [0.05, 0.1) is 17.2 Å². The summed E-state index contributed by atoms with van der Waals surface area (Å²) in [7, 11) is 0. The molecule has 1 aromatic carbocycles. The van der Waals surface area contributed by atoms with E-state index in [4.69, 9.17) is 0 Å². The molecule has 1 atom stereocenters. The molecule has 0 unspecified atom stereocenters. The number of carbonyl (C=O) groups is 1. The zero-order valence-corrected chi connectivity index (χ0v) is 18.8. The second kappa shape index (κ2) is 8.79. The van der Waals surface area contributed by atoms with Crippen LogP contribution < -0.4 is 5.32 Å². The van der Waals surface area contributed by atoms with E-state index >= 15 is 0 Å². The van der Waals surface area contributed by atoms with E-state index in [0.29, 0.717) is 29.0 Å². The van der Waals surface area contributed by atoms with E-state index in [1.54, 1.807) is 16.7 Å². The number of aromatic nitrogens is 5. The second-order valence-electron chi connectivity index (χ2n) is 8.49. The lowest BCUT2D eigenvalue weighted by molar-refractivity contribution is -0.179. The smallest absolute Gasteiger partial charge is 0.347 e. The Bertz CT molecular complexity index is 1410. The number of halogens is 4. The van der Waals surface area contributed by atoms with E-state index in [1.165, 1.54) is 16.8 Å². The highest BCUT2D eigenvalue weighted by molar-refractivity contribution is 5.94. The van der Waals surface area contributed by atoms with Crippen molar-refractivity contribution in [2.45, 2.75) is 45.5 Å². The summed E-state index contributed by atoms with van der Waals surface area (Å²) < 4.78 is 57.2. The molecule has 1 N–H and O–H groups in total. The van der Waals surface area contributed by atoms with Crippen molar-refractivity contribution in [3.63, 3.8) is 0 Å². The minimum absolute atomic E-state index is 0.0502. The highest BCUT2D eigenvalue weighted by atomic mass is 19.4. The molecule has 4 aromatic rings. The molecule has 0 saturated heterocycles. The maximum absolute atomic E-state index is 14.9. The van der Waals surface area contributed by atoms with Gasteiger partial charge in [0, 0.05) is 25.7 Å². The molecule has 7 nitrogen and oxygen atoms in total. The molecule has 0 spiro atoms. The average molecular weight is 486 g/mol. The van der Waals surface area contributed by atoms with Crippen LogP contribution in [0.3, 0.4) is 0 Å². The number of carbonyl (C=O) groups excluding carboxylic acids is 1. The summed E-state index contributed by atoms with van der Waals surface area (Å²) in [5.74, 6) is -2.16. The highest BCUT2D eigenvalue weighted by Gasteiger charge is 2.42. The Labute approximate surface area is 197 Å². The van der Waals surface area contributed by atoms with E-state index in [9.17, 15) is 22.4 Å². The number of alkyl halides is 3. The summed E-state index contributed by atoms with van der Waals surface area (Å²) in [5.41, 5.74) is 2.39. The zero-order valence-electron chi connectivity index (χ0n) is 18.8. The number of nitrogens with zero attached hydrogens (tertiary/aromatic N) is 5. The number of imidazole rings is 1. The van der Waals surface area contributed by atoms with Crippen LogP contribution in [-0.4, -0.2) is 36.2 Å². The molecule has 0 radical (unpaired) electrons. The van der Waals surface area contributed by atoms with Crippen LogP contribution in [0.4, 0.5) is 17.6 Å². The fourth-order valence-electron chi connectivity index (χ4n) is 4.35. The third-order valence-electron chi connectivity index (χ3n) is 6.21. The summed E-state index contributed by atoms with van der Waals surface area (Å²) in [6.45, 7) is 2.08. The van der Waals surface area contributed by atoms with Crippen LogP contribution in [0.15, 0.2) is 42.6 Å². The first-order chi connectivity index (χ1) is 16.7. The largest absolute Gasteiger partial charge is 0.392 e. The van der Waals surface area contributed by atoms with Gasteiger partial charge in [-0.15, -0.1) is 0 Å². The minimum Gasteiger partial charge on any atom is -0.347 e. The van der Waals surface area contributed by atoms with Gasteiger partial charge in [-0.05, 0) is 42.7 Å².